The molecule has 0 spiro atoms. The SMILES string of the molecule is O=C(CN(CC1CCCO1)C(=O)c1ccc2ccccc2c1)N(Cc1ccc2c(c1)OCO2)Cc1ccco1. The summed E-state index contributed by atoms with van der Waals surface area (Å²) in [5.74, 6) is 1.63. The van der Waals surface area contributed by atoms with E-state index >= 15 is 0 Å². The van der Waals surface area contributed by atoms with E-state index in [0.29, 0.717) is 42.5 Å². The summed E-state index contributed by atoms with van der Waals surface area (Å²) in [4.78, 5) is 30.9. The first-order chi connectivity index (χ1) is 19.1. The average molecular weight is 527 g/mol. The van der Waals surface area contributed by atoms with Crippen LogP contribution in [0.1, 0.15) is 34.5 Å². The van der Waals surface area contributed by atoms with Crippen LogP contribution < -0.4 is 9.47 Å². The highest BCUT2D eigenvalue weighted by molar-refractivity contribution is 6.00. The molecule has 4 aromatic rings. The first-order valence-corrected chi connectivity index (χ1v) is 13.2. The molecule has 2 aliphatic heterocycles. The molecule has 39 heavy (non-hydrogen) atoms. The molecule has 6 rings (SSSR count). The molecule has 1 saturated heterocycles. The van der Waals surface area contributed by atoms with Crippen molar-refractivity contribution in [1.29, 1.82) is 0 Å². The van der Waals surface area contributed by atoms with Gasteiger partial charge in [-0.1, -0.05) is 36.4 Å². The van der Waals surface area contributed by atoms with Crippen molar-refractivity contribution in [2.24, 2.45) is 0 Å². The lowest BCUT2D eigenvalue weighted by atomic mass is 10.1. The molecule has 1 unspecified atom stereocenters. The lowest BCUT2D eigenvalue weighted by molar-refractivity contribution is -0.133. The number of ether oxygens (including phenoxy) is 3. The van der Waals surface area contributed by atoms with Crippen molar-refractivity contribution in [2.75, 3.05) is 26.5 Å². The van der Waals surface area contributed by atoms with Gasteiger partial charge >= 0.3 is 0 Å². The summed E-state index contributed by atoms with van der Waals surface area (Å²) >= 11 is 0. The fraction of sp³-hybridized carbons (Fsp3) is 0.290. The van der Waals surface area contributed by atoms with Crippen LogP contribution in [-0.2, 0) is 22.6 Å². The van der Waals surface area contributed by atoms with Gasteiger partial charge in [0.1, 0.15) is 12.3 Å². The van der Waals surface area contributed by atoms with Crippen molar-refractivity contribution in [3.8, 4) is 11.5 Å². The summed E-state index contributed by atoms with van der Waals surface area (Å²) in [6, 6.07) is 22.9. The van der Waals surface area contributed by atoms with Crippen LogP contribution in [0.3, 0.4) is 0 Å². The monoisotopic (exact) mass is 526 g/mol. The zero-order chi connectivity index (χ0) is 26.6. The van der Waals surface area contributed by atoms with Gasteiger partial charge in [0.25, 0.3) is 5.91 Å². The summed E-state index contributed by atoms with van der Waals surface area (Å²) in [5.41, 5.74) is 1.44. The van der Waals surface area contributed by atoms with Gasteiger partial charge in [-0.05, 0) is 65.6 Å². The van der Waals surface area contributed by atoms with E-state index in [0.717, 1.165) is 29.2 Å². The van der Waals surface area contributed by atoms with Crippen molar-refractivity contribution < 1.29 is 28.2 Å². The minimum Gasteiger partial charge on any atom is -0.467 e. The lowest BCUT2D eigenvalue weighted by Crippen LogP contribution is -2.45. The number of fused-ring (bicyclic) bond motifs is 2. The fourth-order valence-corrected chi connectivity index (χ4v) is 5.10. The molecule has 0 radical (unpaired) electrons. The largest absolute Gasteiger partial charge is 0.467 e. The van der Waals surface area contributed by atoms with E-state index in [-0.39, 0.29) is 37.8 Å². The van der Waals surface area contributed by atoms with E-state index in [4.69, 9.17) is 18.6 Å². The van der Waals surface area contributed by atoms with Crippen molar-refractivity contribution in [3.05, 3.63) is 95.9 Å². The maximum atomic E-state index is 13.8. The smallest absolute Gasteiger partial charge is 0.254 e. The van der Waals surface area contributed by atoms with Gasteiger partial charge in [-0.15, -0.1) is 0 Å². The van der Waals surface area contributed by atoms with Crippen LogP contribution in [-0.4, -0.2) is 54.2 Å². The second-order valence-corrected chi connectivity index (χ2v) is 9.90. The molecule has 3 heterocycles. The van der Waals surface area contributed by atoms with E-state index < -0.39 is 0 Å². The molecule has 2 aliphatic rings. The Kier molecular flexibility index (Phi) is 7.19. The zero-order valence-corrected chi connectivity index (χ0v) is 21.6. The standard InChI is InChI=1S/C31H30N2O6/c34-30(32(18-26-7-3-13-36-26)17-22-9-12-28-29(15-22)39-21-38-28)20-33(19-27-8-4-14-37-27)31(35)25-11-10-23-5-1-2-6-24(23)16-25/h1-3,5-7,9-13,15-16,27H,4,8,14,17-21H2. The minimum atomic E-state index is -0.189. The van der Waals surface area contributed by atoms with Crippen molar-refractivity contribution in [2.45, 2.75) is 32.0 Å². The highest BCUT2D eigenvalue weighted by Crippen LogP contribution is 2.33. The molecule has 1 fully saturated rings. The Bertz CT molecular complexity index is 1460. The molecule has 0 bridgehead atoms. The first kappa shape index (κ1) is 25.0. The van der Waals surface area contributed by atoms with E-state index in [9.17, 15) is 9.59 Å². The molecule has 200 valence electrons. The number of hydrogen-bond donors (Lipinski definition) is 0. The topological polar surface area (TPSA) is 81.5 Å². The van der Waals surface area contributed by atoms with Gasteiger partial charge in [-0.2, -0.15) is 0 Å². The Balaban J connectivity index is 1.25. The number of rotatable bonds is 9. The number of benzene rings is 3. The Hall–Kier alpha value is -4.30. The second-order valence-electron chi connectivity index (χ2n) is 9.90. The van der Waals surface area contributed by atoms with Crippen LogP contribution in [0, 0.1) is 0 Å². The molecule has 1 aromatic heterocycles. The third-order valence-corrected chi connectivity index (χ3v) is 7.15. The van der Waals surface area contributed by atoms with E-state index in [1.807, 2.05) is 66.7 Å². The van der Waals surface area contributed by atoms with Crippen molar-refractivity contribution in [3.63, 3.8) is 0 Å². The highest BCUT2D eigenvalue weighted by Gasteiger charge is 2.28. The summed E-state index contributed by atoms with van der Waals surface area (Å²) in [6.45, 7) is 1.74. The molecule has 1 atom stereocenters. The number of hydrogen-bond acceptors (Lipinski definition) is 6. The van der Waals surface area contributed by atoms with Crippen LogP contribution in [0.15, 0.2) is 83.5 Å². The molecular weight excluding hydrogens is 496 g/mol. The Morgan fingerprint density at radius 3 is 2.54 bits per heavy atom. The third kappa shape index (κ3) is 5.76. The van der Waals surface area contributed by atoms with Crippen LogP contribution in [0.5, 0.6) is 11.5 Å². The van der Waals surface area contributed by atoms with Crippen molar-refractivity contribution >= 4 is 22.6 Å². The summed E-state index contributed by atoms with van der Waals surface area (Å²) < 4.78 is 22.4. The number of carbonyl (C=O) groups excluding carboxylic acids is 2. The number of amides is 2. The van der Waals surface area contributed by atoms with Gasteiger partial charge in [0.05, 0.1) is 18.9 Å². The molecule has 8 heteroatoms. The molecule has 3 aromatic carbocycles. The normalized spacial score (nSPS) is 15.9. The highest BCUT2D eigenvalue weighted by atomic mass is 16.7. The first-order valence-electron chi connectivity index (χ1n) is 13.2. The summed E-state index contributed by atoms with van der Waals surface area (Å²) in [7, 11) is 0. The van der Waals surface area contributed by atoms with E-state index in [2.05, 4.69) is 0 Å². The van der Waals surface area contributed by atoms with Crippen LogP contribution in [0.4, 0.5) is 0 Å². The molecule has 0 aliphatic carbocycles. The van der Waals surface area contributed by atoms with Gasteiger partial charge in [-0.3, -0.25) is 9.59 Å². The van der Waals surface area contributed by atoms with Crippen molar-refractivity contribution in [1.82, 2.24) is 9.80 Å². The maximum Gasteiger partial charge on any atom is 0.254 e. The molecule has 0 saturated carbocycles. The van der Waals surface area contributed by atoms with E-state index in [1.54, 1.807) is 22.1 Å². The van der Waals surface area contributed by atoms with E-state index in [1.165, 1.54) is 0 Å². The van der Waals surface area contributed by atoms with Crippen LogP contribution in [0.25, 0.3) is 10.8 Å². The fourth-order valence-electron chi connectivity index (χ4n) is 5.10. The third-order valence-electron chi connectivity index (χ3n) is 7.15. The second kappa shape index (κ2) is 11.2. The molecule has 8 nitrogen and oxygen atoms in total. The van der Waals surface area contributed by atoms with Gasteiger partial charge in [0.2, 0.25) is 12.7 Å². The van der Waals surface area contributed by atoms with Gasteiger partial charge in [0.15, 0.2) is 11.5 Å². The van der Waals surface area contributed by atoms with Gasteiger partial charge in [-0.25, -0.2) is 0 Å². The Morgan fingerprint density at radius 2 is 1.72 bits per heavy atom. The van der Waals surface area contributed by atoms with Gasteiger partial charge < -0.3 is 28.4 Å². The predicted octanol–water partition coefficient (Wildman–Crippen LogP) is 5.01. The molecular formula is C31H30N2O6. The van der Waals surface area contributed by atoms with Gasteiger partial charge in [0, 0.05) is 25.3 Å². The Morgan fingerprint density at radius 1 is 0.846 bits per heavy atom. The average Bonchev–Trinajstić information content (AvgIpc) is 3.75. The summed E-state index contributed by atoms with van der Waals surface area (Å²) in [6.07, 6.45) is 3.31. The zero-order valence-electron chi connectivity index (χ0n) is 21.6. The number of nitrogens with zero attached hydrogens (tertiary/aromatic N) is 2. The summed E-state index contributed by atoms with van der Waals surface area (Å²) in [5, 5.41) is 2.04. The number of furan rings is 1. The maximum absolute atomic E-state index is 13.8. The Labute approximate surface area is 226 Å². The quantitative estimate of drug-likeness (QED) is 0.305. The number of carbonyl (C=O) groups is 2. The lowest BCUT2D eigenvalue weighted by Gasteiger charge is -2.29. The minimum absolute atomic E-state index is 0.0726. The molecule has 2 amide bonds. The van der Waals surface area contributed by atoms with Crippen LogP contribution in [0.2, 0.25) is 0 Å². The van der Waals surface area contributed by atoms with Crippen LogP contribution >= 0.6 is 0 Å². The molecule has 0 N–H and O–H groups in total. The predicted molar refractivity (Wildman–Crippen MR) is 144 cm³/mol.